The molecule has 0 aliphatic carbocycles. The maximum atomic E-state index is 13.7. The summed E-state index contributed by atoms with van der Waals surface area (Å²) >= 11 is 0. The molecule has 0 spiro atoms. The average molecular weight is 576 g/mol. The molecule has 0 aromatic carbocycles. The van der Waals surface area contributed by atoms with Gasteiger partial charge in [-0.1, -0.05) is 33.1 Å². The third-order valence-electron chi connectivity index (χ3n) is 4.97. The molecule has 2 nitrogen and oxygen atoms in total. The van der Waals surface area contributed by atoms with Gasteiger partial charge >= 0.3 is 53.6 Å². The van der Waals surface area contributed by atoms with Crippen LogP contribution < -0.4 is 0 Å². The van der Waals surface area contributed by atoms with E-state index in [1.807, 2.05) is 0 Å². The number of carbonyl (C=O) groups excluding carboxylic acids is 1. The number of carbonyl (C=O) groups is 1. The van der Waals surface area contributed by atoms with Crippen LogP contribution in [-0.4, -0.2) is 60.2 Å². The van der Waals surface area contributed by atoms with Crippen molar-refractivity contribution >= 4 is 5.97 Å². The number of halogens is 17. The smallest absolute Gasteiger partial charge is 0.460 e. The Labute approximate surface area is 191 Å². The van der Waals surface area contributed by atoms with E-state index in [9.17, 15) is 79.4 Å². The molecule has 0 fully saturated rings. The second-order valence-electron chi connectivity index (χ2n) is 7.53. The van der Waals surface area contributed by atoms with Crippen molar-refractivity contribution in [1.29, 1.82) is 0 Å². The summed E-state index contributed by atoms with van der Waals surface area (Å²) in [6.07, 6.45) is -6.90. The molecule has 36 heavy (non-hydrogen) atoms. The fourth-order valence-corrected chi connectivity index (χ4v) is 2.47. The molecule has 0 rings (SSSR count). The molecule has 0 saturated heterocycles. The van der Waals surface area contributed by atoms with Crippen LogP contribution in [0.5, 0.6) is 0 Å². The lowest BCUT2D eigenvalue weighted by molar-refractivity contribution is -0.460. The van der Waals surface area contributed by atoms with Crippen molar-refractivity contribution in [1.82, 2.24) is 0 Å². The van der Waals surface area contributed by atoms with Crippen LogP contribution in [0.4, 0.5) is 74.6 Å². The van der Waals surface area contributed by atoms with Gasteiger partial charge in [0.05, 0.1) is 6.61 Å². The quantitative estimate of drug-likeness (QED) is 0.166. The molecule has 0 N–H and O–H groups in total. The summed E-state index contributed by atoms with van der Waals surface area (Å²) in [5.74, 6) is -62.6. The predicted molar refractivity (Wildman–Crippen MR) is 84.9 cm³/mol. The van der Waals surface area contributed by atoms with E-state index in [0.29, 0.717) is 12.8 Å². The van der Waals surface area contributed by atoms with Crippen molar-refractivity contribution in [3.8, 4) is 0 Å². The van der Waals surface area contributed by atoms with Crippen molar-refractivity contribution in [2.75, 3.05) is 6.61 Å². The zero-order valence-corrected chi connectivity index (χ0v) is 17.9. The number of hydrogen-bond acceptors (Lipinski definition) is 2. The maximum Gasteiger partial charge on any atom is 0.460 e. The number of rotatable bonds is 13. The second kappa shape index (κ2) is 10.2. The summed E-state index contributed by atoms with van der Waals surface area (Å²) in [6.45, 7) is 1.78. The molecule has 0 heterocycles. The minimum Gasteiger partial charge on any atom is -0.461 e. The molecule has 0 radical (unpaired) electrons. The first-order chi connectivity index (χ1) is 15.7. The van der Waals surface area contributed by atoms with Gasteiger partial charge in [0.2, 0.25) is 0 Å². The van der Waals surface area contributed by atoms with Crippen molar-refractivity contribution in [2.45, 2.75) is 87.2 Å². The Hall–Kier alpha value is -1.72. The molecule has 216 valence electrons. The molecule has 0 unspecified atom stereocenters. The number of ether oxygens (including phenoxy) is 1. The lowest BCUT2D eigenvalue weighted by atomic mass is 9.89. The predicted octanol–water partition coefficient (Wildman–Crippen LogP) is 7.76. The standard InChI is InChI=1S/C17H17F17O2/c1-3-5-6-8(4-2)7-36-9(35)10(18,19)11(20,21)12(22,23)13(24,25)14(26,27)15(28,29)16(30,31)17(32,33)34/h8H,3-7H2,1-2H3/t8-/m0/s1. The molecule has 0 saturated carbocycles. The largest absolute Gasteiger partial charge is 0.461 e. The lowest BCUT2D eigenvalue weighted by Crippen LogP contribution is -2.75. The van der Waals surface area contributed by atoms with Gasteiger partial charge in [-0.15, -0.1) is 0 Å². The molecular weight excluding hydrogens is 559 g/mol. The zero-order valence-electron chi connectivity index (χ0n) is 17.9. The van der Waals surface area contributed by atoms with Gasteiger partial charge in [-0.3, -0.25) is 0 Å². The van der Waals surface area contributed by atoms with Crippen LogP contribution in [0.15, 0.2) is 0 Å². The first kappa shape index (κ1) is 34.3. The number of hydrogen-bond donors (Lipinski definition) is 0. The van der Waals surface area contributed by atoms with Crippen molar-refractivity contribution in [3.05, 3.63) is 0 Å². The molecule has 0 aliphatic rings. The minimum atomic E-state index is -8.74. The summed E-state index contributed by atoms with van der Waals surface area (Å²) in [5.41, 5.74) is 0. The first-order valence-corrected chi connectivity index (χ1v) is 9.55. The number of esters is 1. The molecule has 0 aliphatic heterocycles. The number of alkyl halides is 17. The van der Waals surface area contributed by atoms with Crippen molar-refractivity contribution in [3.63, 3.8) is 0 Å². The Bertz CT molecular complexity index is 757. The highest BCUT2D eigenvalue weighted by molar-refractivity contribution is 5.79. The summed E-state index contributed by atoms with van der Waals surface area (Å²) in [7, 11) is 0. The Morgan fingerprint density at radius 3 is 1.31 bits per heavy atom. The first-order valence-electron chi connectivity index (χ1n) is 9.55. The molecule has 0 amide bonds. The maximum absolute atomic E-state index is 13.7. The van der Waals surface area contributed by atoms with Crippen LogP contribution in [-0.2, 0) is 9.53 Å². The fraction of sp³-hybridized carbons (Fsp3) is 0.941. The van der Waals surface area contributed by atoms with Gasteiger partial charge in [0.1, 0.15) is 0 Å². The molecule has 19 heteroatoms. The SMILES string of the molecule is CCCC[C@H](CC)COC(=O)C(F)(F)C(F)(F)C(F)(F)C(F)(F)C(F)(F)C(F)(F)C(F)(F)C(F)(F)F. The van der Waals surface area contributed by atoms with Gasteiger partial charge in [0, 0.05) is 0 Å². The van der Waals surface area contributed by atoms with Gasteiger partial charge in [-0.2, -0.15) is 74.6 Å². The summed E-state index contributed by atoms with van der Waals surface area (Å²) in [5, 5.41) is 0. The molecular formula is C17H17F17O2. The Morgan fingerprint density at radius 1 is 0.611 bits per heavy atom. The van der Waals surface area contributed by atoms with Crippen LogP contribution in [0.1, 0.15) is 39.5 Å². The van der Waals surface area contributed by atoms with E-state index in [1.165, 1.54) is 6.92 Å². The van der Waals surface area contributed by atoms with Crippen molar-refractivity contribution in [2.24, 2.45) is 5.92 Å². The highest BCUT2D eigenvalue weighted by atomic mass is 19.4. The van der Waals surface area contributed by atoms with E-state index in [0.717, 1.165) is 0 Å². The normalized spacial score (nSPS) is 16.2. The van der Waals surface area contributed by atoms with Crippen LogP contribution >= 0.6 is 0 Å². The highest BCUT2D eigenvalue weighted by Gasteiger charge is 2.95. The van der Waals surface area contributed by atoms with Crippen LogP contribution in [0.3, 0.4) is 0 Å². The van der Waals surface area contributed by atoms with E-state index in [-0.39, 0.29) is 12.8 Å². The molecule has 0 bridgehead atoms. The van der Waals surface area contributed by atoms with E-state index < -0.39 is 66.1 Å². The molecule has 0 aromatic heterocycles. The van der Waals surface area contributed by atoms with Crippen LogP contribution in [0, 0.1) is 5.92 Å². The van der Waals surface area contributed by atoms with Crippen LogP contribution in [0.25, 0.3) is 0 Å². The zero-order chi connectivity index (χ0) is 29.4. The van der Waals surface area contributed by atoms with E-state index in [1.54, 1.807) is 6.92 Å². The summed E-state index contributed by atoms with van der Waals surface area (Å²) < 4.78 is 227. The van der Waals surface area contributed by atoms with E-state index in [2.05, 4.69) is 4.74 Å². The second-order valence-corrected chi connectivity index (χ2v) is 7.53. The highest BCUT2D eigenvalue weighted by Crippen LogP contribution is 2.64. The third kappa shape index (κ3) is 5.15. The minimum absolute atomic E-state index is 0.0121. The van der Waals surface area contributed by atoms with Crippen molar-refractivity contribution < 1.29 is 84.2 Å². The summed E-state index contributed by atoms with van der Waals surface area (Å²) in [4.78, 5) is 11.3. The third-order valence-corrected chi connectivity index (χ3v) is 4.97. The van der Waals surface area contributed by atoms with Gasteiger partial charge in [0.25, 0.3) is 0 Å². The Balaban J connectivity index is 6.39. The summed E-state index contributed by atoms with van der Waals surface area (Å²) in [6, 6.07) is 0. The van der Waals surface area contributed by atoms with Gasteiger partial charge in [-0.05, 0) is 12.3 Å². The number of unbranched alkanes of at least 4 members (excludes halogenated alkanes) is 1. The fourth-order valence-electron chi connectivity index (χ4n) is 2.47. The van der Waals surface area contributed by atoms with E-state index >= 15 is 0 Å². The van der Waals surface area contributed by atoms with Gasteiger partial charge in [-0.25, -0.2) is 4.79 Å². The Morgan fingerprint density at radius 2 is 0.972 bits per heavy atom. The molecule has 0 aromatic rings. The van der Waals surface area contributed by atoms with Gasteiger partial charge < -0.3 is 4.74 Å². The lowest BCUT2D eigenvalue weighted by Gasteiger charge is -2.42. The monoisotopic (exact) mass is 576 g/mol. The molecule has 1 atom stereocenters. The van der Waals surface area contributed by atoms with E-state index in [4.69, 9.17) is 0 Å². The average Bonchev–Trinajstić information content (AvgIpc) is 2.71. The van der Waals surface area contributed by atoms with Crippen LogP contribution in [0.2, 0.25) is 0 Å². The topological polar surface area (TPSA) is 26.3 Å². The Kier molecular flexibility index (Phi) is 9.72. The van der Waals surface area contributed by atoms with Gasteiger partial charge in [0.15, 0.2) is 0 Å².